The number of benzene rings is 2. The molecule has 150 valence electrons. The Morgan fingerprint density at radius 3 is 2.48 bits per heavy atom. The topological polar surface area (TPSA) is 73.5 Å². The van der Waals surface area contributed by atoms with Gasteiger partial charge in [-0.2, -0.15) is 0 Å². The van der Waals surface area contributed by atoms with Gasteiger partial charge in [-0.05, 0) is 49.7 Å². The van der Waals surface area contributed by atoms with E-state index >= 15 is 0 Å². The van der Waals surface area contributed by atoms with Crippen molar-refractivity contribution in [2.75, 3.05) is 32.5 Å². The number of anilines is 1. The van der Waals surface area contributed by atoms with Gasteiger partial charge in [0.2, 0.25) is 0 Å². The molecule has 0 radical (unpaired) electrons. The van der Waals surface area contributed by atoms with Gasteiger partial charge in [-0.3, -0.25) is 9.59 Å². The van der Waals surface area contributed by atoms with Gasteiger partial charge in [0, 0.05) is 37.0 Å². The molecule has 1 fully saturated rings. The maximum absolute atomic E-state index is 13.1. The second-order valence-electron chi connectivity index (χ2n) is 7.48. The van der Waals surface area contributed by atoms with Crippen molar-refractivity contribution in [3.05, 3.63) is 65.2 Å². The van der Waals surface area contributed by atoms with Gasteiger partial charge >= 0.3 is 0 Å². The summed E-state index contributed by atoms with van der Waals surface area (Å²) in [5, 5.41) is 9.03. The maximum Gasteiger partial charge on any atom is 0.258 e. The third-order valence-electron chi connectivity index (χ3n) is 5.75. The molecule has 6 heteroatoms. The summed E-state index contributed by atoms with van der Waals surface area (Å²) in [6.07, 6.45) is 2.04. The molecule has 29 heavy (non-hydrogen) atoms. The third-order valence-corrected chi connectivity index (χ3v) is 5.75. The lowest BCUT2D eigenvalue weighted by Gasteiger charge is -2.36. The van der Waals surface area contributed by atoms with Crippen LogP contribution in [0.2, 0.25) is 0 Å². The molecule has 0 aromatic heterocycles. The first kappa shape index (κ1) is 19.2. The molecule has 3 N–H and O–H groups in total. The van der Waals surface area contributed by atoms with E-state index in [4.69, 9.17) is 0 Å². The minimum atomic E-state index is -0.167. The number of nitrogens with zero attached hydrogens (tertiary/aromatic N) is 1. The van der Waals surface area contributed by atoms with E-state index in [0.717, 1.165) is 48.4 Å². The number of carbonyl (C=O) groups is 2. The first-order valence-electron chi connectivity index (χ1n) is 10.0. The normalized spacial score (nSPS) is 18.1. The first-order chi connectivity index (χ1) is 14.1. The quantitative estimate of drug-likeness (QED) is 0.702. The molecular formula is C23H26N4O2. The molecule has 4 rings (SSSR count). The van der Waals surface area contributed by atoms with Gasteiger partial charge in [0.1, 0.15) is 0 Å². The summed E-state index contributed by atoms with van der Waals surface area (Å²) in [4.78, 5) is 27.5. The molecule has 2 aliphatic rings. The van der Waals surface area contributed by atoms with Crippen molar-refractivity contribution in [3.8, 4) is 0 Å². The van der Waals surface area contributed by atoms with Crippen LogP contribution >= 0.6 is 0 Å². The molecule has 0 bridgehead atoms. The highest BCUT2D eigenvalue weighted by Crippen LogP contribution is 2.39. The van der Waals surface area contributed by atoms with Crippen LogP contribution in [0.3, 0.4) is 0 Å². The highest BCUT2D eigenvalue weighted by molar-refractivity contribution is 6.36. The molecule has 6 nitrogen and oxygen atoms in total. The van der Waals surface area contributed by atoms with Crippen LogP contribution in [0.15, 0.2) is 48.5 Å². The fourth-order valence-electron chi connectivity index (χ4n) is 4.18. The standard InChI is InChI=1S/C23H26N4O2/c1-24-22(28)16-8-9-19-18(14-16)20(23(29)26-19)21(15-6-4-3-5-7-15)27(2)17-10-12-25-13-11-17/h3-9,14,17,25H,10-13H2,1-2H3,(H,24,28)(H,26,29)/b21-20-. The minimum Gasteiger partial charge on any atom is -0.370 e. The van der Waals surface area contributed by atoms with Crippen molar-refractivity contribution >= 4 is 28.8 Å². The number of hydrogen-bond acceptors (Lipinski definition) is 4. The SMILES string of the molecule is CNC(=O)c1ccc2c(c1)/C(=C(\c1ccccc1)N(C)C1CCNCC1)C(=O)N2. The van der Waals surface area contributed by atoms with Crippen molar-refractivity contribution in [1.29, 1.82) is 0 Å². The van der Waals surface area contributed by atoms with E-state index < -0.39 is 0 Å². The Morgan fingerprint density at radius 1 is 1.07 bits per heavy atom. The maximum atomic E-state index is 13.1. The largest absolute Gasteiger partial charge is 0.370 e. The fraction of sp³-hybridized carbons (Fsp3) is 0.304. The Labute approximate surface area is 171 Å². The van der Waals surface area contributed by atoms with Crippen molar-refractivity contribution in [2.24, 2.45) is 0 Å². The van der Waals surface area contributed by atoms with Crippen LogP contribution in [0.4, 0.5) is 5.69 Å². The Balaban J connectivity index is 1.89. The zero-order chi connectivity index (χ0) is 20.4. The zero-order valence-corrected chi connectivity index (χ0v) is 16.8. The number of fused-ring (bicyclic) bond motifs is 1. The monoisotopic (exact) mass is 390 g/mol. The predicted octanol–water partition coefficient (Wildman–Crippen LogP) is 2.55. The molecule has 2 aromatic carbocycles. The molecule has 1 saturated heterocycles. The minimum absolute atomic E-state index is 0.131. The summed E-state index contributed by atoms with van der Waals surface area (Å²) in [6, 6.07) is 15.7. The smallest absolute Gasteiger partial charge is 0.258 e. The molecule has 0 atom stereocenters. The summed E-state index contributed by atoms with van der Waals surface area (Å²) in [5.41, 5.74) is 4.58. The Morgan fingerprint density at radius 2 is 1.79 bits per heavy atom. The molecule has 0 saturated carbocycles. The van der Waals surface area contributed by atoms with Crippen molar-refractivity contribution < 1.29 is 9.59 Å². The van der Waals surface area contributed by atoms with Gasteiger partial charge in [-0.15, -0.1) is 0 Å². The second-order valence-corrected chi connectivity index (χ2v) is 7.48. The number of carbonyl (C=O) groups excluding carboxylic acids is 2. The molecule has 2 amide bonds. The van der Waals surface area contributed by atoms with E-state index in [1.54, 1.807) is 25.2 Å². The average Bonchev–Trinajstić information content (AvgIpc) is 3.09. The molecular weight excluding hydrogens is 364 g/mol. The Kier molecular flexibility index (Phi) is 5.36. The van der Waals surface area contributed by atoms with Crippen LogP contribution in [0.25, 0.3) is 11.3 Å². The molecule has 0 spiro atoms. The van der Waals surface area contributed by atoms with Gasteiger partial charge in [-0.1, -0.05) is 30.3 Å². The Hall–Kier alpha value is -3.12. The Bertz CT molecular complexity index is 962. The van der Waals surface area contributed by atoms with Gasteiger partial charge in [0.05, 0.1) is 11.3 Å². The molecule has 2 aromatic rings. The van der Waals surface area contributed by atoms with E-state index in [2.05, 4.69) is 27.9 Å². The van der Waals surface area contributed by atoms with Crippen LogP contribution in [0.5, 0.6) is 0 Å². The van der Waals surface area contributed by atoms with Crippen molar-refractivity contribution in [2.45, 2.75) is 18.9 Å². The van der Waals surface area contributed by atoms with E-state index in [-0.39, 0.29) is 11.8 Å². The molecule has 0 unspecified atom stereocenters. The van der Waals surface area contributed by atoms with Gasteiger partial charge < -0.3 is 20.9 Å². The summed E-state index contributed by atoms with van der Waals surface area (Å²) in [7, 11) is 3.68. The summed E-state index contributed by atoms with van der Waals surface area (Å²) in [5.74, 6) is -0.298. The lowest BCUT2D eigenvalue weighted by Crippen LogP contribution is -2.40. The summed E-state index contributed by atoms with van der Waals surface area (Å²) >= 11 is 0. The van der Waals surface area contributed by atoms with Crippen LogP contribution in [0.1, 0.15) is 34.3 Å². The zero-order valence-electron chi connectivity index (χ0n) is 16.8. The van der Waals surface area contributed by atoms with Crippen LogP contribution in [0, 0.1) is 0 Å². The van der Waals surface area contributed by atoms with Crippen LogP contribution < -0.4 is 16.0 Å². The summed E-state index contributed by atoms with van der Waals surface area (Å²) < 4.78 is 0. The van der Waals surface area contributed by atoms with Crippen LogP contribution in [-0.2, 0) is 4.79 Å². The van der Waals surface area contributed by atoms with E-state index in [9.17, 15) is 9.59 Å². The van der Waals surface area contributed by atoms with Gasteiger partial charge in [-0.25, -0.2) is 0 Å². The number of rotatable bonds is 4. The highest BCUT2D eigenvalue weighted by atomic mass is 16.2. The predicted molar refractivity (Wildman–Crippen MR) is 115 cm³/mol. The average molecular weight is 390 g/mol. The molecule has 2 aliphatic heterocycles. The number of nitrogens with one attached hydrogen (secondary N) is 3. The number of piperidine rings is 1. The molecule has 2 heterocycles. The van der Waals surface area contributed by atoms with E-state index in [1.165, 1.54) is 0 Å². The third kappa shape index (κ3) is 3.63. The lowest BCUT2D eigenvalue weighted by molar-refractivity contribution is -0.110. The fourth-order valence-corrected chi connectivity index (χ4v) is 4.18. The van der Waals surface area contributed by atoms with Gasteiger partial charge in [0.25, 0.3) is 11.8 Å². The van der Waals surface area contributed by atoms with E-state index in [1.807, 2.05) is 30.3 Å². The number of amides is 2. The van der Waals surface area contributed by atoms with Crippen molar-refractivity contribution in [3.63, 3.8) is 0 Å². The number of hydrogen-bond donors (Lipinski definition) is 3. The molecule has 0 aliphatic carbocycles. The first-order valence-corrected chi connectivity index (χ1v) is 10.0. The van der Waals surface area contributed by atoms with Gasteiger partial charge in [0.15, 0.2) is 0 Å². The summed E-state index contributed by atoms with van der Waals surface area (Å²) in [6.45, 7) is 1.94. The second kappa shape index (κ2) is 8.09. The highest BCUT2D eigenvalue weighted by Gasteiger charge is 2.32. The van der Waals surface area contributed by atoms with Crippen LogP contribution in [-0.4, -0.2) is 49.9 Å². The van der Waals surface area contributed by atoms with Crippen molar-refractivity contribution in [1.82, 2.24) is 15.5 Å². The van der Waals surface area contributed by atoms with E-state index in [0.29, 0.717) is 17.2 Å². The lowest BCUT2D eigenvalue weighted by atomic mass is 9.95.